The molecular weight excluding hydrogens is 531 g/mol. The van der Waals surface area contributed by atoms with Crippen LogP contribution in [0.2, 0.25) is 0 Å². The molecule has 0 aliphatic carbocycles. The molecule has 1 aliphatic heterocycles. The molecule has 2 heterocycles. The molecule has 1 aliphatic rings. The molecule has 1 atom stereocenters. The average Bonchev–Trinajstić information content (AvgIpc) is 3.11. The van der Waals surface area contributed by atoms with E-state index >= 15 is 0 Å². The van der Waals surface area contributed by atoms with Crippen molar-refractivity contribution in [2.24, 2.45) is 12.0 Å². The van der Waals surface area contributed by atoms with Gasteiger partial charge in [-0.15, -0.1) is 34.2 Å². The number of halogens is 1. The predicted molar refractivity (Wildman–Crippen MR) is 142 cm³/mol. The SMILES string of the molecule is Cc1nnc(CN=C(NC2CCN(CC(=O)N(C)C)CC2)NC(C)c2ccccc2)n1C.I. The molecule has 1 fully saturated rings. The molecule has 0 bridgehead atoms. The lowest BCUT2D eigenvalue weighted by Gasteiger charge is -2.33. The van der Waals surface area contributed by atoms with Gasteiger partial charge in [0, 0.05) is 40.3 Å². The van der Waals surface area contributed by atoms with E-state index in [9.17, 15) is 4.79 Å². The van der Waals surface area contributed by atoms with Crippen LogP contribution < -0.4 is 10.6 Å². The fourth-order valence-corrected chi connectivity index (χ4v) is 3.66. The topological polar surface area (TPSA) is 90.7 Å². The van der Waals surface area contributed by atoms with Gasteiger partial charge in [0.2, 0.25) is 5.91 Å². The van der Waals surface area contributed by atoms with E-state index in [1.165, 1.54) is 5.56 Å². The summed E-state index contributed by atoms with van der Waals surface area (Å²) in [6.45, 7) is 6.78. The number of aryl methyl sites for hydroxylation is 1. The van der Waals surface area contributed by atoms with Gasteiger partial charge in [-0.3, -0.25) is 9.69 Å². The van der Waals surface area contributed by atoms with E-state index in [0.29, 0.717) is 19.1 Å². The van der Waals surface area contributed by atoms with Gasteiger partial charge in [0.1, 0.15) is 12.4 Å². The molecule has 1 aromatic heterocycles. The fourth-order valence-electron chi connectivity index (χ4n) is 3.66. The van der Waals surface area contributed by atoms with Crippen molar-refractivity contribution in [3.63, 3.8) is 0 Å². The van der Waals surface area contributed by atoms with Gasteiger partial charge >= 0.3 is 0 Å². The summed E-state index contributed by atoms with van der Waals surface area (Å²) in [5, 5.41) is 15.5. The number of piperidine rings is 1. The summed E-state index contributed by atoms with van der Waals surface area (Å²) >= 11 is 0. The Morgan fingerprint density at radius 1 is 1.21 bits per heavy atom. The number of nitrogens with one attached hydrogen (secondary N) is 2. The first kappa shape index (κ1) is 27.0. The molecule has 0 saturated carbocycles. The first-order chi connectivity index (χ1) is 15.3. The third-order valence-electron chi connectivity index (χ3n) is 6.00. The molecular formula is C23H37IN8O. The molecule has 0 radical (unpaired) electrons. The standard InChI is InChI=1S/C23H36N8O.HI/c1-17(19-9-7-6-8-10-19)25-23(24-15-21-28-27-18(2)30(21)5)26-20-11-13-31(14-12-20)16-22(32)29(3)4;/h6-10,17,20H,11-16H2,1-5H3,(H2,24,25,26);1H. The number of likely N-dealkylation sites (tertiary alicyclic amines) is 1. The summed E-state index contributed by atoms with van der Waals surface area (Å²) < 4.78 is 1.96. The number of rotatable bonds is 7. The van der Waals surface area contributed by atoms with Crippen LogP contribution in [0, 0.1) is 6.92 Å². The van der Waals surface area contributed by atoms with Gasteiger partial charge < -0.3 is 20.1 Å². The number of carbonyl (C=O) groups excluding carboxylic acids is 1. The molecule has 9 nitrogen and oxygen atoms in total. The third kappa shape index (κ3) is 7.95. The van der Waals surface area contributed by atoms with Crippen LogP contribution in [0.1, 0.15) is 43.0 Å². The number of nitrogens with zero attached hydrogens (tertiary/aromatic N) is 6. The number of benzene rings is 1. The number of aromatic nitrogens is 3. The van der Waals surface area contributed by atoms with Crippen LogP contribution in [-0.2, 0) is 18.4 Å². The number of guanidine groups is 1. The molecule has 1 saturated heterocycles. The second-order valence-corrected chi connectivity index (χ2v) is 8.65. The van der Waals surface area contributed by atoms with Crippen molar-refractivity contribution in [1.29, 1.82) is 0 Å². The number of aliphatic imine (C=N–C) groups is 1. The Morgan fingerprint density at radius 2 is 1.88 bits per heavy atom. The highest BCUT2D eigenvalue weighted by Gasteiger charge is 2.22. The Bertz CT molecular complexity index is 906. The van der Waals surface area contributed by atoms with Crippen molar-refractivity contribution in [2.45, 2.75) is 45.3 Å². The Kier molecular flexibility index (Phi) is 10.6. The molecule has 1 aromatic carbocycles. The molecule has 2 aromatic rings. The van der Waals surface area contributed by atoms with Gasteiger partial charge in [0.25, 0.3) is 0 Å². The van der Waals surface area contributed by atoms with Gasteiger partial charge in [-0.05, 0) is 32.3 Å². The van der Waals surface area contributed by atoms with Crippen LogP contribution in [-0.4, -0.2) is 76.2 Å². The van der Waals surface area contributed by atoms with Crippen LogP contribution in [0.25, 0.3) is 0 Å². The second kappa shape index (κ2) is 12.9. The Hall–Kier alpha value is -2.21. The van der Waals surface area contributed by atoms with Gasteiger partial charge in [-0.2, -0.15) is 0 Å². The molecule has 2 N–H and O–H groups in total. The van der Waals surface area contributed by atoms with Gasteiger partial charge in [0.15, 0.2) is 11.8 Å². The van der Waals surface area contributed by atoms with E-state index in [1.807, 2.05) is 36.7 Å². The monoisotopic (exact) mass is 568 g/mol. The maximum atomic E-state index is 12.0. The van der Waals surface area contributed by atoms with Crippen molar-refractivity contribution < 1.29 is 4.79 Å². The highest BCUT2D eigenvalue weighted by molar-refractivity contribution is 14.0. The normalized spacial score (nSPS) is 16.1. The number of likely N-dealkylation sites (N-methyl/N-ethyl adjacent to an activating group) is 1. The second-order valence-electron chi connectivity index (χ2n) is 8.65. The van der Waals surface area contributed by atoms with Crippen molar-refractivity contribution in [1.82, 2.24) is 35.2 Å². The maximum Gasteiger partial charge on any atom is 0.236 e. The van der Waals surface area contributed by atoms with Gasteiger partial charge in [-0.25, -0.2) is 4.99 Å². The summed E-state index contributed by atoms with van der Waals surface area (Å²) in [6.07, 6.45) is 1.92. The lowest BCUT2D eigenvalue weighted by atomic mass is 10.0. The van der Waals surface area contributed by atoms with Gasteiger partial charge in [0.05, 0.1) is 12.6 Å². The van der Waals surface area contributed by atoms with Crippen LogP contribution in [0.5, 0.6) is 0 Å². The first-order valence-electron chi connectivity index (χ1n) is 11.2. The van der Waals surface area contributed by atoms with Gasteiger partial charge in [-0.1, -0.05) is 30.3 Å². The van der Waals surface area contributed by atoms with E-state index in [2.05, 4.69) is 44.8 Å². The minimum absolute atomic E-state index is 0. The Balaban J connectivity index is 0.00000385. The molecule has 33 heavy (non-hydrogen) atoms. The van der Waals surface area contributed by atoms with E-state index in [1.54, 1.807) is 19.0 Å². The number of carbonyl (C=O) groups is 1. The van der Waals surface area contributed by atoms with E-state index in [4.69, 9.17) is 4.99 Å². The Labute approximate surface area is 214 Å². The Morgan fingerprint density at radius 3 is 2.45 bits per heavy atom. The van der Waals surface area contributed by atoms with E-state index in [-0.39, 0.29) is 35.9 Å². The van der Waals surface area contributed by atoms with Crippen LogP contribution >= 0.6 is 24.0 Å². The zero-order valence-electron chi connectivity index (χ0n) is 20.3. The van der Waals surface area contributed by atoms with Crippen molar-refractivity contribution in [3.05, 3.63) is 47.5 Å². The first-order valence-corrected chi connectivity index (χ1v) is 11.2. The summed E-state index contributed by atoms with van der Waals surface area (Å²) in [5.74, 6) is 2.61. The van der Waals surface area contributed by atoms with Crippen LogP contribution in [0.15, 0.2) is 35.3 Å². The van der Waals surface area contributed by atoms with Crippen molar-refractivity contribution >= 4 is 35.8 Å². The number of hydrogen-bond donors (Lipinski definition) is 2. The quantitative estimate of drug-likeness (QED) is 0.302. The zero-order valence-corrected chi connectivity index (χ0v) is 22.6. The number of amides is 1. The largest absolute Gasteiger partial charge is 0.354 e. The van der Waals surface area contributed by atoms with Crippen molar-refractivity contribution in [2.75, 3.05) is 33.7 Å². The highest BCUT2D eigenvalue weighted by Crippen LogP contribution is 2.13. The molecule has 10 heteroatoms. The molecule has 1 amide bonds. The van der Waals surface area contributed by atoms with Crippen LogP contribution in [0.4, 0.5) is 0 Å². The summed E-state index contributed by atoms with van der Waals surface area (Å²) in [7, 11) is 5.56. The predicted octanol–water partition coefficient (Wildman–Crippen LogP) is 2.09. The summed E-state index contributed by atoms with van der Waals surface area (Å²) in [5.41, 5.74) is 1.20. The minimum Gasteiger partial charge on any atom is -0.354 e. The molecule has 1 unspecified atom stereocenters. The minimum atomic E-state index is 0. The van der Waals surface area contributed by atoms with Crippen molar-refractivity contribution in [3.8, 4) is 0 Å². The third-order valence-corrected chi connectivity index (χ3v) is 6.00. The highest BCUT2D eigenvalue weighted by atomic mass is 127. The lowest BCUT2D eigenvalue weighted by Crippen LogP contribution is -2.50. The van der Waals surface area contributed by atoms with E-state index in [0.717, 1.165) is 43.5 Å². The summed E-state index contributed by atoms with van der Waals surface area (Å²) in [6, 6.07) is 10.8. The lowest BCUT2D eigenvalue weighted by molar-refractivity contribution is -0.130. The number of hydrogen-bond acceptors (Lipinski definition) is 5. The maximum absolute atomic E-state index is 12.0. The molecule has 3 rings (SSSR count). The average molecular weight is 569 g/mol. The smallest absolute Gasteiger partial charge is 0.236 e. The zero-order chi connectivity index (χ0) is 23.1. The molecule has 0 spiro atoms. The van der Waals surface area contributed by atoms with Crippen LogP contribution in [0.3, 0.4) is 0 Å². The molecule has 182 valence electrons. The van der Waals surface area contributed by atoms with E-state index < -0.39 is 0 Å². The fraction of sp³-hybridized carbons (Fsp3) is 0.565. The summed E-state index contributed by atoms with van der Waals surface area (Å²) in [4.78, 5) is 20.7.